The number of hydrogen-bond acceptors (Lipinski definition) is 3. The minimum absolute atomic E-state index is 0.892. The number of anilines is 1. The molecule has 25 heavy (non-hydrogen) atoms. The van der Waals surface area contributed by atoms with Gasteiger partial charge in [-0.1, -0.05) is 18.2 Å². The average molecular weight is 399 g/mol. The lowest BCUT2D eigenvalue weighted by Crippen LogP contribution is -2.46. The molecule has 1 fully saturated rings. The average Bonchev–Trinajstić information content (AvgIpc) is 2.92. The predicted octanol–water partition coefficient (Wildman–Crippen LogP) is 4.04. The predicted molar refractivity (Wildman–Crippen MR) is 106 cm³/mol. The second-order valence-electron chi connectivity index (χ2n) is 6.82. The summed E-state index contributed by atoms with van der Waals surface area (Å²) in [7, 11) is 0. The van der Waals surface area contributed by atoms with Gasteiger partial charge >= 0.3 is 0 Å². The minimum atomic E-state index is 0.892. The highest BCUT2D eigenvalue weighted by molar-refractivity contribution is 9.10. The molecule has 1 saturated heterocycles. The molecule has 2 aromatic heterocycles. The standard InChI is InChI=1S/C20H23BrN4/c1-15-12-16(2)25-19(13-15)22-18(20(25)21)14-23-8-10-24(11-9-23)17-6-4-3-5-7-17/h3-7,12-13H,8-11,14H2,1-2H3. The van der Waals surface area contributed by atoms with Gasteiger partial charge in [-0.05, 0) is 59.6 Å². The Kier molecular flexibility index (Phi) is 4.52. The summed E-state index contributed by atoms with van der Waals surface area (Å²) in [4.78, 5) is 9.82. The fourth-order valence-electron chi connectivity index (χ4n) is 3.65. The summed E-state index contributed by atoms with van der Waals surface area (Å²) in [5.41, 5.74) is 5.95. The van der Waals surface area contributed by atoms with Gasteiger partial charge in [0.2, 0.25) is 0 Å². The van der Waals surface area contributed by atoms with Crippen LogP contribution in [0.1, 0.15) is 17.0 Å². The van der Waals surface area contributed by atoms with Crippen molar-refractivity contribution < 1.29 is 0 Å². The van der Waals surface area contributed by atoms with Crippen molar-refractivity contribution in [3.05, 3.63) is 64.0 Å². The number of imidazole rings is 1. The van der Waals surface area contributed by atoms with Crippen LogP contribution in [0.2, 0.25) is 0 Å². The fourth-order valence-corrected chi connectivity index (χ4v) is 4.33. The summed E-state index contributed by atoms with van der Waals surface area (Å²) in [6.45, 7) is 9.40. The van der Waals surface area contributed by atoms with Gasteiger partial charge in [0.1, 0.15) is 10.3 Å². The van der Waals surface area contributed by atoms with Crippen molar-refractivity contribution in [2.45, 2.75) is 20.4 Å². The summed E-state index contributed by atoms with van der Waals surface area (Å²) in [5, 5.41) is 0. The Hall–Kier alpha value is -1.85. The van der Waals surface area contributed by atoms with Crippen LogP contribution in [0.15, 0.2) is 47.1 Å². The molecule has 4 nitrogen and oxygen atoms in total. The molecule has 1 aromatic carbocycles. The van der Waals surface area contributed by atoms with Crippen LogP contribution >= 0.6 is 15.9 Å². The van der Waals surface area contributed by atoms with Crippen LogP contribution in [0.25, 0.3) is 5.65 Å². The van der Waals surface area contributed by atoms with Gasteiger partial charge in [-0.25, -0.2) is 4.98 Å². The lowest BCUT2D eigenvalue weighted by Gasteiger charge is -2.35. The highest BCUT2D eigenvalue weighted by Crippen LogP contribution is 2.24. The number of aryl methyl sites for hydroxylation is 2. The van der Waals surface area contributed by atoms with Gasteiger partial charge in [0.25, 0.3) is 0 Å². The van der Waals surface area contributed by atoms with E-state index in [1.165, 1.54) is 16.9 Å². The number of para-hydroxylation sites is 1. The Morgan fingerprint density at radius 2 is 1.72 bits per heavy atom. The molecule has 0 radical (unpaired) electrons. The van der Waals surface area contributed by atoms with Crippen molar-refractivity contribution in [3.8, 4) is 0 Å². The Balaban J connectivity index is 1.48. The molecule has 0 N–H and O–H groups in total. The summed E-state index contributed by atoms with van der Waals surface area (Å²) in [6, 6.07) is 15.0. The third-order valence-electron chi connectivity index (χ3n) is 4.93. The number of halogens is 1. The van der Waals surface area contributed by atoms with Crippen LogP contribution in [0.5, 0.6) is 0 Å². The maximum atomic E-state index is 4.87. The van der Waals surface area contributed by atoms with Gasteiger partial charge < -0.3 is 4.90 Å². The first-order valence-corrected chi connectivity index (χ1v) is 9.57. The number of aromatic nitrogens is 2. The fraction of sp³-hybridized carbons (Fsp3) is 0.350. The van der Waals surface area contributed by atoms with E-state index in [2.05, 4.69) is 86.4 Å². The van der Waals surface area contributed by atoms with Crippen molar-refractivity contribution in [2.24, 2.45) is 0 Å². The monoisotopic (exact) mass is 398 g/mol. The number of fused-ring (bicyclic) bond motifs is 1. The number of rotatable bonds is 3. The smallest absolute Gasteiger partial charge is 0.138 e. The quantitative estimate of drug-likeness (QED) is 0.665. The van der Waals surface area contributed by atoms with Gasteiger partial charge in [-0.2, -0.15) is 0 Å². The molecule has 4 rings (SSSR count). The van der Waals surface area contributed by atoms with Gasteiger partial charge in [0, 0.05) is 44.1 Å². The second kappa shape index (κ2) is 6.81. The molecule has 0 unspecified atom stereocenters. The van der Waals surface area contributed by atoms with Gasteiger partial charge in [-0.15, -0.1) is 0 Å². The first kappa shape index (κ1) is 16.6. The van der Waals surface area contributed by atoms with Gasteiger partial charge in [0.05, 0.1) is 5.69 Å². The van der Waals surface area contributed by atoms with Crippen LogP contribution in [0, 0.1) is 13.8 Å². The molecule has 0 bridgehead atoms. The first-order chi connectivity index (χ1) is 12.1. The van der Waals surface area contributed by atoms with Crippen molar-refractivity contribution in [3.63, 3.8) is 0 Å². The largest absolute Gasteiger partial charge is 0.369 e. The Bertz CT molecular complexity index is 880. The zero-order valence-corrected chi connectivity index (χ0v) is 16.3. The van der Waals surface area contributed by atoms with Crippen LogP contribution in [0.4, 0.5) is 5.69 Å². The lowest BCUT2D eigenvalue weighted by atomic mass is 10.2. The van der Waals surface area contributed by atoms with E-state index in [0.717, 1.165) is 48.7 Å². The SMILES string of the molecule is Cc1cc(C)n2c(Br)c(CN3CCN(c4ccccc4)CC3)nc2c1. The Morgan fingerprint density at radius 1 is 1.00 bits per heavy atom. The van der Waals surface area contributed by atoms with Crippen molar-refractivity contribution in [2.75, 3.05) is 31.1 Å². The van der Waals surface area contributed by atoms with Crippen LogP contribution in [-0.4, -0.2) is 40.5 Å². The van der Waals surface area contributed by atoms with Crippen LogP contribution < -0.4 is 4.90 Å². The van der Waals surface area contributed by atoms with E-state index >= 15 is 0 Å². The van der Waals surface area contributed by atoms with E-state index in [0.29, 0.717) is 0 Å². The molecule has 130 valence electrons. The molecular weight excluding hydrogens is 376 g/mol. The van der Waals surface area contributed by atoms with Gasteiger partial charge in [-0.3, -0.25) is 9.30 Å². The molecule has 0 saturated carbocycles. The zero-order chi connectivity index (χ0) is 17.4. The number of nitrogens with zero attached hydrogens (tertiary/aromatic N) is 4. The highest BCUT2D eigenvalue weighted by Gasteiger charge is 2.20. The third kappa shape index (κ3) is 3.31. The number of piperazine rings is 1. The molecule has 5 heteroatoms. The molecule has 3 aromatic rings. The van der Waals surface area contributed by atoms with Crippen molar-refractivity contribution >= 4 is 27.3 Å². The van der Waals surface area contributed by atoms with E-state index in [4.69, 9.17) is 4.98 Å². The Morgan fingerprint density at radius 3 is 2.44 bits per heavy atom. The van der Waals surface area contributed by atoms with E-state index in [1.807, 2.05) is 0 Å². The van der Waals surface area contributed by atoms with Crippen molar-refractivity contribution in [1.82, 2.24) is 14.3 Å². The maximum absolute atomic E-state index is 4.87. The Labute approximate surface area is 157 Å². The molecule has 0 spiro atoms. The minimum Gasteiger partial charge on any atom is -0.369 e. The second-order valence-corrected chi connectivity index (χ2v) is 7.57. The zero-order valence-electron chi connectivity index (χ0n) is 14.7. The van der Waals surface area contributed by atoms with E-state index in [9.17, 15) is 0 Å². The molecule has 0 atom stereocenters. The topological polar surface area (TPSA) is 23.8 Å². The molecular formula is C20H23BrN4. The number of benzene rings is 1. The molecule has 1 aliphatic rings. The molecule has 1 aliphatic heterocycles. The van der Waals surface area contributed by atoms with Crippen LogP contribution in [0.3, 0.4) is 0 Å². The summed E-state index contributed by atoms with van der Waals surface area (Å²) in [6.07, 6.45) is 0. The lowest BCUT2D eigenvalue weighted by molar-refractivity contribution is 0.247. The number of hydrogen-bond donors (Lipinski definition) is 0. The molecule has 0 amide bonds. The summed E-state index contributed by atoms with van der Waals surface area (Å²) in [5.74, 6) is 0. The summed E-state index contributed by atoms with van der Waals surface area (Å²) < 4.78 is 3.29. The molecule has 0 aliphatic carbocycles. The number of pyridine rings is 1. The third-order valence-corrected chi connectivity index (χ3v) is 5.74. The van der Waals surface area contributed by atoms with Crippen molar-refractivity contribution in [1.29, 1.82) is 0 Å². The first-order valence-electron chi connectivity index (χ1n) is 8.78. The van der Waals surface area contributed by atoms with Crippen LogP contribution in [-0.2, 0) is 6.54 Å². The molecule has 3 heterocycles. The summed E-state index contributed by atoms with van der Waals surface area (Å²) >= 11 is 3.77. The maximum Gasteiger partial charge on any atom is 0.138 e. The normalized spacial score (nSPS) is 15.9. The highest BCUT2D eigenvalue weighted by atomic mass is 79.9. The van der Waals surface area contributed by atoms with E-state index in [-0.39, 0.29) is 0 Å². The van der Waals surface area contributed by atoms with E-state index < -0.39 is 0 Å². The van der Waals surface area contributed by atoms with Gasteiger partial charge in [0.15, 0.2) is 0 Å². The van der Waals surface area contributed by atoms with E-state index in [1.54, 1.807) is 0 Å².